The molecule has 6 nitrogen and oxygen atoms in total. The molecule has 4 rings (SSSR count). The van der Waals surface area contributed by atoms with Gasteiger partial charge < -0.3 is 10.2 Å². The van der Waals surface area contributed by atoms with Crippen LogP contribution in [0.3, 0.4) is 0 Å². The van der Waals surface area contributed by atoms with Crippen LogP contribution in [-0.4, -0.2) is 33.5 Å². The Kier molecular flexibility index (Phi) is 6.21. The summed E-state index contributed by atoms with van der Waals surface area (Å²) in [6.07, 6.45) is 0.229. The largest absolute Gasteiger partial charge is 0.338 e. The SMILES string of the molecule is O=C(Nc1nnc(SCc2ccccc2)s1)C1CC(=O)N(Cc2ccccc2)C1. The normalized spacial score (nSPS) is 16.2. The molecule has 1 fully saturated rings. The molecule has 1 unspecified atom stereocenters. The Labute approximate surface area is 177 Å². The minimum Gasteiger partial charge on any atom is -0.338 e. The zero-order valence-electron chi connectivity index (χ0n) is 15.7. The number of carbonyl (C=O) groups is 2. The molecular formula is C21H20N4O2S2. The van der Waals surface area contributed by atoms with E-state index in [-0.39, 0.29) is 24.2 Å². The van der Waals surface area contributed by atoms with Crippen LogP contribution in [0.4, 0.5) is 5.13 Å². The number of hydrogen-bond donors (Lipinski definition) is 1. The number of carbonyl (C=O) groups excluding carboxylic acids is 2. The predicted octanol–water partition coefficient (Wildman–Crippen LogP) is 3.82. The Hall–Kier alpha value is -2.71. The first-order valence-electron chi connectivity index (χ1n) is 9.30. The van der Waals surface area contributed by atoms with Gasteiger partial charge in [0.2, 0.25) is 16.9 Å². The van der Waals surface area contributed by atoms with Crippen LogP contribution in [0, 0.1) is 5.92 Å². The topological polar surface area (TPSA) is 75.2 Å². The highest BCUT2D eigenvalue weighted by Crippen LogP contribution is 2.29. The van der Waals surface area contributed by atoms with E-state index >= 15 is 0 Å². The van der Waals surface area contributed by atoms with Gasteiger partial charge in [0.15, 0.2) is 4.34 Å². The average molecular weight is 425 g/mol. The molecule has 1 aliphatic heterocycles. The fraction of sp³-hybridized carbons (Fsp3) is 0.238. The van der Waals surface area contributed by atoms with Gasteiger partial charge in [0.1, 0.15) is 0 Å². The summed E-state index contributed by atoms with van der Waals surface area (Å²) in [6, 6.07) is 19.9. The molecule has 29 heavy (non-hydrogen) atoms. The molecule has 2 heterocycles. The zero-order chi connectivity index (χ0) is 20.1. The third kappa shape index (κ3) is 5.21. The molecule has 1 aliphatic rings. The average Bonchev–Trinajstić information content (AvgIpc) is 3.34. The van der Waals surface area contributed by atoms with Crippen LogP contribution in [-0.2, 0) is 21.9 Å². The summed E-state index contributed by atoms with van der Waals surface area (Å²) < 4.78 is 0.803. The molecule has 8 heteroatoms. The molecule has 0 aliphatic carbocycles. The molecule has 1 N–H and O–H groups in total. The number of thioether (sulfide) groups is 1. The lowest BCUT2D eigenvalue weighted by molar-refractivity contribution is -0.128. The van der Waals surface area contributed by atoms with E-state index in [0.717, 1.165) is 15.7 Å². The first kappa shape index (κ1) is 19.6. The van der Waals surface area contributed by atoms with E-state index in [1.54, 1.807) is 16.7 Å². The Morgan fingerprint density at radius 3 is 2.48 bits per heavy atom. The van der Waals surface area contributed by atoms with E-state index in [2.05, 4.69) is 27.6 Å². The van der Waals surface area contributed by atoms with Crippen molar-refractivity contribution < 1.29 is 9.59 Å². The van der Waals surface area contributed by atoms with Gasteiger partial charge in [0, 0.05) is 25.3 Å². The van der Waals surface area contributed by atoms with Crippen molar-refractivity contribution in [3.05, 3.63) is 71.8 Å². The summed E-state index contributed by atoms with van der Waals surface area (Å²) >= 11 is 2.94. The molecule has 2 amide bonds. The minimum atomic E-state index is -0.365. The highest BCUT2D eigenvalue weighted by Gasteiger charge is 2.34. The van der Waals surface area contributed by atoms with Crippen LogP contribution in [0.25, 0.3) is 0 Å². The van der Waals surface area contributed by atoms with E-state index in [1.807, 2.05) is 48.5 Å². The molecule has 0 saturated carbocycles. The third-order valence-electron chi connectivity index (χ3n) is 4.64. The fourth-order valence-corrected chi connectivity index (χ4v) is 4.86. The van der Waals surface area contributed by atoms with E-state index in [1.165, 1.54) is 16.9 Å². The van der Waals surface area contributed by atoms with E-state index in [0.29, 0.717) is 18.2 Å². The molecule has 1 saturated heterocycles. The van der Waals surface area contributed by atoms with Gasteiger partial charge in [-0.1, -0.05) is 83.8 Å². The van der Waals surface area contributed by atoms with Crippen molar-refractivity contribution in [3.8, 4) is 0 Å². The van der Waals surface area contributed by atoms with E-state index in [4.69, 9.17) is 0 Å². The number of aromatic nitrogens is 2. The van der Waals surface area contributed by atoms with Gasteiger partial charge in [-0.05, 0) is 11.1 Å². The van der Waals surface area contributed by atoms with E-state index < -0.39 is 0 Å². The Balaban J connectivity index is 1.29. The van der Waals surface area contributed by atoms with Crippen molar-refractivity contribution in [1.82, 2.24) is 15.1 Å². The number of hydrogen-bond acceptors (Lipinski definition) is 6. The lowest BCUT2D eigenvalue weighted by Gasteiger charge is -2.16. The van der Waals surface area contributed by atoms with Gasteiger partial charge in [0.05, 0.1) is 5.92 Å². The maximum absolute atomic E-state index is 12.6. The van der Waals surface area contributed by atoms with Crippen LogP contribution in [0.15, 0.2) is 65.0 Å². The number of likely N-dealkylation sites (tertiary alicyclic amines) is 1. The van der Waals surface area contributed by atoms with E-state index in [9.17, 15) is 9.59 Å². The first-order chi connectivity index (χ1) is 14.2. The van der Waals surface area contributed by atoms with Crippen LogP contribution >= 0.6 is 23.1 Å². The summed E-state index contributed by atoms with van der Waals surface area (Å²) in [4.78, 5) is 26.6. The van der Waals surface area contributed by atoms with Crippen molar-refractivity contribution in [1.29, 1.82) is 0 Å². The van der Waals surface area contributed by atoms with Gasteiger partial charge in [-0.3, -0.25) is 9.59 Å². The van der Waals surface area contributed by atoms with Gasteiger partial charge >= 0.3 is 0 Å². The van der Waals surface area contributed by atoms with Crippen molar-refractivity contribution in [2.24, 2.45) is 5.92 Å². The van der Waals surface area contributed by atoms with Gasteiger partial charge in [-0.15, -0.1) is 10.2 Å². The second kappa shape index (κ2) is 9.19. The van der Waals surface area contributed by atoms with Gasteiger partial charge in [0.25, 0.3) is 0 Å². The van der Waals surface area contributed by atoms with Gasteiger partial charge in [-0.2, -0.15) is 0 Å². The maximum atomic E-state index is 12.6. The number of amides is 2. The quantitative estimate of drug-likeness (QED) is 0.461. The minimum absolute atomic E-state index is 0.00497. The van der Waals surface area contributed by atoms with Crippen LogP contribution < -0.4 is 5.32 Å². The molecule has 1 atom stereocenters. The van der Waals surface area contributed by atoms with Crippen LogP contribution in [0.5, 0.6) is 0 Å². The third-order valence-corrected chi connectivity index (χ3v) is 6.69. The lowest BCUT2D eigenvalue weighted by atomic mass is 10.1. The number of benzene rings is 2. The molecule has 2 aromatic carbocycles. The first-order valence-corrected chi connectivity index (χ1v) is 11.1. The highest BCUT2D eigenvalue weighted by atomic mass is 32.2. The van der Waals surface area contributed by atoms with Gasteiger partial charge in [-0.25, -0.2) is 0 Å². The molecule has 0 radical (unpaired) electrons. The Morgan fingerprint density at radius 1 is 1.07 bits per heavy atom. The van der Waals surface area contributed by atoms with Crippen molar-refractivity contribution in [2.75, 3.05) is 11.9 Å². The number of rotatable bonds is 7. The highest BCUT2D eigenvalue weighted by molar-refractivity contribution is 8.00. The molecule has 3 aromatic rings. The maximum Gasteiger partial charge on any atom is 0.231 e. The summed E-state index contributed by atoms with van der Waals surface area (Å²) in [6.45, 7) is 0.955. The molecule has 0 bridgehead atoms. The number of nitrogens with zero attached hydrogens (tertiary/aromatic N) is 3. The predicted molar refractivity (Wildman–Crippen MR) is 115 cm³/mol. The summed E-state index contributed by atoms with van der Waals surface area (Å²) in [5.41, 5.74) is 2.27. The lowest BCUT2D eigenvalue weighted by Crippen LogP contribution is -2.28. The summed E-state index contributed by atoms with van der Waals surface area (Å²) in [7, 11) is 0. The van der Waals surface area contributed by atoms with Crippen LogP contribution in [0.2, 0.25) is 0 Å². The molecule has 0 spiro atoms. The second-order valence-electron chi connectivity index (χ2n) is 6.80. The number of anilines is 1. The number of nitrogens with one attached hydrogen (secondary N) is 1. The fourth-order valence-electron chi connectivity index (χ4n) is 3.15. The summed E-state index contributed by atoms with van der Waals surface area (Å²) in [5, 5.41) is 11.5. The smallest absolute Gasteiger partial charge is 0.231 e. The molecule has 148 valence electrons. The molecular weight excluding hydrogens is 404 g/mol. The second-order valence-corrected chi connectivity index (χ2v) is 9.00. The Bertz CT molecular complexity index is 979. The standard InChI is InChI=1S/C21H20N4O2S2/c26-18-11-17(13-25(18)12-15-7-3-1-4-8-15)19(27)22-20-23-24-21(29-20)28-14-16-9-5-2-6-10-16/h1-10,17H,11-14H2,(H,22,23,27). The van der Waals surface area contributed by atoms with Crippen LogP contribution in [0.1, 0.15) is 17.5 Å². The van der Waals surface area contributed by atoms with Crippen molar-refractivity contribution >= 4 is 40.0 Å². The summed E-state index contributed by atoms with van der Waals surface area (Å²) in [5.74, 6) is 0.264. The van der Waals surface area contributed by atoms with Crippen molar-refractivity contribution in [2.45, 2.75) is 23.1 Å². The monoisotopic (exact) mass is 424 g/mol. The Morgan fingerprint density at radius 2 is 1.76 bits per heavy atom. The zero-order valence-corrected chi connectivity index (χ0v) is 17.3. The molecule has 1 aromatic heterocycles. The van der Waals surface area contributed by atoms with Crippen molar-refractivity contribution in [3.63, 3.8) is 0 Å².